The topological polar surface area (TPSA) is 20.3 Å². The number of rotatable bonds is 1. The molecular formula is C11H17NO. The lowest BCUT2D eigenvalue weighted by Crippen LogP contribution is -2.42. The van der Waals surface area contributed by atoms with Crippen LogP contribution in [-0.2, 0) is 4.79 Å². The second-order valence-corrected chi connectivity index (χ2v) is 3.75. The highest BCUT2D eigenvalue weighted by molar-refractivity contribution is 5.73. The normalized spacial score (nSPS) is 27.8. The third kappa shape index (κ3) is 2.24. The Kier molecular flexibility index (Phi) is 3.36. The number of carbonyl (C=O) groups is 1. The van der Waals surface area contributed by atoms with Crippen LogP contribution in [0, 0.1) is 18.3 Å². The fourth-order valence-corrected chi connectivity index (χ4v) is 2.00. The summed E-state index contributed by atoms with van der Waals surface area (Å²) in [6.45, 7) is 1.60. The quantitative estimate of drug-likeness (QED) is 0.560. The molecule has 72 valence electrons. The first-order valence-corrected chi connectivity index (χ1v) is 4.86. The molecule has 2 atom stereocenters. The minimum atomic E-state index is 0.118. The van der Waals surface area contributed by atoms with E-state index in [0.29, 0.717) is 0 Å². The van der Waals surface area contributed by atoms with Crippen LogP contribution in [0.5, 0.6) is 0 Å². The Bertz CT molecular complexity index is 229. The Hall–Kier alpha value is -0.970. The van der Waals surface area contributed by atoms with Gasteiger partial charge in [-0.05, 0) is 12.8 Å². The van der Waals surface area contributed by atoms with Crippen molar-refractivity contribution < 1.29 is 4.79 Å². The van der Waals surface area contributed by atoms with Crippen molar-refractivity contribution in [1.82, 2.24) is 4.90 Å². The number of terminal acetylenes is 1. The fraction of sp³-hybridized carbons (Fsp3) is 0.727. The number of hydrogen-bond donors (Lipinski definition) is 0. The Morgan fingerprint density at radius 2 is 2.08 bits per heavy atom. The first kappa shape index (κ1) is 10.1. The van der Waals surface area contributed by atoms with Crippen molar-refractivity contribution in [1.29, 1.82) is 0 Å². The second-order valence-electron chi connectivity index (χ2n) is 3.75. The van der Waals surface area contributed by atoms with Crippen molar-refractivity contribution in [3.63, 3.8) is 0 Å². The number of nitrogens with zero attached hydrogens (tertiary/aromatic N) is 1. The van der Waals surface area contributed by atoms with E-state index in [9.17, 15) is 4.79 Å². The smallest absolute Gasteiger partial charge is 0.219 e. The highest BCUT2D eigenvalue weighted by Gasteiger charge is 2.27. The Balaban J connectivity index is 2.65. The minimum absolute atomic E-state index is 0.118. The van der Waals surface area contributed by atoms with E-state index in [1.165, 1.54) is 12.8 Å². The van der Waals surface area contributed by atoms with Crippen LogP contribution in [0.25, 0.3) is 0 Å². The lowest BCUT2D eigenvalue weighted by Gasteiger charge is -2.34. The fourth-order valence-electron chi connectivity index (χ4n) is 2.00. The van der Waals surface area contributed by atoms with Gasteiger partial charge in [-0.3, -0.25) is 4.79 Å². The molecule has 0 spiro atoms. The maximum absolute atomic E-state index is 11.2. The van der Waals surface area contributed by atoms with E-state index in [1.807, 2.05) is 7.05 Å². The largest absolute Gasteiger partial charge is 0.342 e. The molecule has 2 nitrogen and oxygen atoms in total. The Morgan fingerprint density at radius 1 is 1.46 bits per heavy atom. The van der Waals surface area contributed by atoms with Gasteiger partial charge in [-0.25, -0.2) is 0 Å². The predicted molar refractivity (Wildman–Crippen MR) is 53.0 cm³/mol. The van der Waals surface area contributed by atoms with Crippen LogP contribution in [-0.4, -0.2) is 23.9 Å². The van der Waals surface area contributed by atoms with Gasteiger partial charge in [0.05, 0.1) is 0 Å². The van der Waals surface area contributed by atoms with Gasteiger partial charge < -0.3 is 4.90 Å². The van der Waals surface area contributed by atoms with Gasteiger partial charge in [0.25, 0.3) is 0 Å². The number of amides is 1. The highest BCUT2D eigenvalue weighted by atomic mass is 16.2. The van der Waals surface area contributed by atoms with E-state index in [0.717, 1.165) is 12.8 Å². The molecule has 1 aliphatic rings. The van der Waals surface area contributed by atoms with Gasteiger partial charge in [0.15, 0.2) is 0 Å². The molecule has 13 heavy (non-hydrogen) atoms. The molecule has 0 heterocycles. The molecule has 1 saturated carbocycles. The summed E-state index contributed by atoms with van der Waals surface area (Å²) in [5.74, 6) is 3.18. The first-order chi connectivity index (χ1) is 6.16. The highest BCUT2D eigenvalue weighted by Crippen LogP contribution is 2.27. The van der Waals surface area contributed by atoms with E-state index in [1.54, 1.807) is 11.8 Å². The van der Waals surface area contributed by atoms with Crippen LogP contribution in [0.4, 0.5) is 0 Å². The summed E-state index contributed by atoms with van der Waals surface area (Å²) in [6, 6.07) is 0.274. The molecule has 0 unspecified atom stereocenters. The SMILES string of the molecule is C#C[C@@H]1CCCC[C@H]1N(C)C(C)=O. The van der Waals surface area contributed by atoms with Gasteiger partial charge in [0.2, 0.25) is 5.91 Å². The molecule has 1 fully saturated rings. The average molecular weight is 179 g/mol. The molecule has 0 saturated heterocycles. The standard InChI is InChI=1S/C11H17NO/c1-4-10-7-5-6-8-11(10)12(3)9(2)13/h1,10-11H,5-8H2,2-3H3/t10-,11-/m1/s1. The molecule has 1 aliphatic carbocycles. The maximum atomic E-state index is 11.2. The summed E-state index contributed by atoms with van der Waals surface area (Å²) in [5, 5.41) is 0. The van der Waals surface area contributed by atoms with Gasteiger partial charge in [0, 0.05) is 25.9 Å². The van der Waals surface area contributed by atoms with Gasteiger partial charge in [-0.1, -0.05) is 12.8 Å². The van der Waals surface area contributed by atoms with E-state index >= 15 is 0 Å². The molecule has 0 radical (unpaired) electrons. The van der Waals surface area contributed by atoms with Crippen molar-refractivity contribution in [2.24, 2.45) is 5.92 Å². The zero-order valence-corrected chi connectivity index (χ0v) is 8.42. The molecule has 1 amide bonds. The number of hydrogen-bond acceptors (Lipinski definition) is 1. The molecule has 0 N–H and O–H groups in total. The van der Waals surface area contributed by atoms with Crippen molar-refractivity contribution >= 4 is 5.91 Å². The van der Waals surface area contributed by atoms with Crippen LogP contribution in [0.2, 0.25) is 0 Å². The van der Waals surface area contributed by atoms with Gasteiger partial charge in [-0.2, -0.15) is 0 Å². The first-order valence-electron chi connectivity index (χ1n) is 4.86. The lowest BCUT2D eigenvalue weighted by atomic mass is 9.84. The Morgan fingerprint density at radius 3 is 2.62 bits per heavy atom. The van der Waals surface area contributed by atoms with E-state index < -0.39 is 0 Å². The van der Waals surface area contributed by atoms with Gasteiger partial charge in [-0.15, -0.1) is 12.3 Å². The third-order valence-electron chi connectivity index (χ3n) is 2.94. The average Bonchev–Trinajstić information content (AvgIpc) is 2.16. The Labute approximate surface area is 80.3 Å². The molecule has 1 rings (SSSR count). The van der Waals surface area contributed by atoms with E-state index in [-0.39, 0.29) is 17.9 Å². The van der Waals surface area contributed by atoms with Crippen LogP contribution < -0.4 is 0 Å². The minimum Gasteiger partial charge on any atom is -0.342 e. The summed E-state index contributed by atoms with van der Waals surface area (Å²) in [4.78, 5) is 13.0. The summed E-state index contributed by atoms with van der Waals surface area (Å²) in [7, 11) is 1.85. The summed E-state index contributed by atoms with van der Waals surface area (Å²) in [6.07, 6.45) is 9.97. The third-order valence-corrected chi connectivity index (χ3v) is 2.94. The maximum Gasteiger partial charge on any atom is 0.219 e. The van der Waals surface area contributed by atoms with E-state index in [4.69, 9.17) is 6.42 Å². The lowest BCUT2D eigenvalue weighted by molar-refractivity contribution is -0.130. The summed E-state index contributed by atoms with van der Waals surface area (Å²) < 4.78 is 0. The summed E-state index contributed by atoms with van der Waals surface area (Å²) >= 11 is 0. The van der Waals surface area contributed by atoms with Gasteiger partial charge >= 0.3 is 0 Å². The van der Waals surface area contributed by atoms with Crippen LogP contribution in [0.1, 0.15) is 32.6 Å². The monoisotopic (exact) mass is 179 g/mol. The zero-order valence-electron chi connectivity index (χ0n) is 8.42. The van der Waals surface area contributed by atoms with Crippen molar-refractivity contribution in [3.8, 4) is 12.3 Å². The molecule has 0 aromatic heterocycles. The number of carbonyl (C=O) groups excluding carboxylic acids is 1. The zero-order chi connectivity index (χ0) is 9.84. The van der Waals surface area contributed by atoms with E-state index in [2.05, 4.69) is 5.92 Å². The predicted octanol–water partition coefficient (Wildman–Crippen LogP) is 1.66. The molecular weight excluding hydrogens is 162 g/mol. The van der Waals surface area contributed by atoms with Gasteiger partial charge in [0.1, 0.15) is 0 Å². The molecule has 0 aliphatic heterocycles. The van der Waals surface area contributed by atoms with Crippen molar-refractivity contribution in [3.05, 3.63) is 0 Å². The molecule has 0 aromatic carbocycles. The van der Waals surface area contributed by atoms with Crippen LogP contribution in [0.15, 0.2) is 0 Å². The van der Waals surface area contributed by atoms with Crippen molar-refractivity contribution in [2.45, 2.75) is 38.6 Å². The van der Waals surface area contributed by atoms with Crippen LogP contribution in [0.3, 0.4) is 0 Å². The molecule has 2 heteroatoms. The second kappa shape index (κ2) is 4.32. The summed E-state index contributed by atoms with van der Waals surface area (Å²) in [5.41, 5.74) is 0. The van der Waals surface area contributed by atoms with Crippen molar-refractivity contribution in [2.75, 3.05) is 7.05 Å². The molecule has 0 bridgehead atoms. The van der Waals surface area contributed by atoms with Crippen LogP contribution >= 0.6 is 0 Å². The molecule has 0 aromatic rings.